The van der Waals surface area contributed by atoms with Gasteiger partial charge < -0.3 is 20.1 Å². The van der Waals surface area contributed by atoms with E-state index in [0.29, 0.717) is 12.6 Å². The largest absolute Gasteiger partial charge is 0.383 e. The number of aliphatic imine (C=N–C) groups is 1. The minimum absolute atomic E-state index is 0.0553. The molecule has 0 aliphatic carbocycles. The Bertz CT molecular complexity index is 296. The van der Waals surface area contributed by atoms with Crippen LogP contribution >= 0.6 is 0 Å². The number of nitrogens with zero attached hydrogens (tertiary/aromatic N) is 2. The second-order valence-corrected chi connectivity index (χ2v) is 5.21. The number of ether oxygens (including phenoxy) is 2. The van der Waals surface area contributed by atoms with E-state index in [4.69, 9.17) is 15.2 Å². The Labute approximate surface area is 103 Å². The van der Waals surface area contributed by atoms with E-state index in [1.165, 1.54) is 0 Å². The molecule has 2 N–H and O–H groups in total. The normalized spacial score (nSPS) is 37.6. The molecule has 2 aliphatic heterocycles. The van der Waals surface area contributed by atoms with Gasteiger partial charge in [0.1, 0.15) is 0 Å². The van der Waals surface area contributed by atoms with Gasteiger partial charge in [0.15, 0.2) is 5.96 Å². The van der Waals surface area contributed by atoms with E-state index >= 15 is 0 Å². The van der Waals surface area contributed by atoms with Gasteiger partial charge in [0, 0.05) is 13.7 Å². The van der Waals surface area contributed by atoms with Crippen LogP contribution in [-0.2, 0) is 9.47 Å². The Kier molecular flexibility index (Phi) is 3.58. The summed E-state index contributed by atoms with van der Waals surface area (Å²) in [6.07, 6.45) is 2.52. The van der Waals surface area contributed by atoms with E-state index in [9.17, 15) is 0 Å². The highest BCUT2D eigenvalue weighted by molar-refractivity contribution is 5.81. The quantitative estimate of drug-likeness (QED) is 0.785. The number of methoxy groups -OCH3 is 1. The lowest BCUT2D eigenvalue weighted by molar-refractivity contribution is -0.0859. The van der Waals surface area contributed by atoms with Gasteiger partial charge in [-0.25, -0.2) is 0 Å². The van der Waals surface area contributed by atoms with Gasteiger partial charge >= 0.3 is 0 Å². The zero-order valence-corrected chi connectivity index (χ0v) is 11.0. The molecule has 2 atom stereocenters. The first-order valence-corrected chi connectivity index (χ1v) is 6.29. The number of guanidine groups is 1. The zero-order valence-electron chi connectivity index (χ0n) is 11.0. The van der Waals surface area contributed by atoms with Crippen molar-refractivity contribution in [2.75, 3.05) is 26.8 Å². The van der Waals surface area contributed by atoms with Gasteiger partial charge in [-0.15, -0.1) is 0 Å². The van der Waals surface area contributed by atoms with Gasteiger partial charge in [-0.05, 0) is 26.7 Å². The van der Waals surface area contributed by atoms with Crippen LogP contribution in [0.2, 0.25) is 0 Å². The lowest BCUT2D eigenvalue weighted by atomic mass is 9.83. The Morgan fingerprint density at radius 2 is 2.12 bits per heavy atom. The Balaban J connectivity index is 2.12. The van der Waals surface area contributed by atoms with Crippen molar-refractivity contribution in [2.45, 2.75) is 44.4 Å². The molecule has 17 heavy (non-hydrogen) atoms. The number of nitrogens with two attached hydrogens (primary N) is 1. The summed E-state index contributed by atoms with van der Waals surface area (Å²) in [4.78, 5) is 6.64. The molecule has 1 saturated heterocycles. The summed E-state index contributed by atoms with van der Waals surface area (Å²) >= 11 is 0. The standard InChI is InChI=1S/C12H23N3O2/c1-9-6-12(7-10(2)17-9)8-14-11(13)15(12)4-5-16-3/h9-10H,4-8H2,1-3H3,(H2,13,14). The van der Waals surface area contributed by atoms with Crippen LogP contribution in [0.1, 0.15) is 26.7 Å². The van der Waals surface area contributed by atoms with E-state index in [2.05, 4.69) is 23.7 Å². The fraction of sp³-hybridized carbons (Fsp3) is 0.917. The summed E-state index contributed by atoms with van der Waals surface area (Å²) in [5, 5.41) is 0. The molecular formula is C12H23N3O2. The molecule has 0 radical (unpaired) electrons. The third kappa shape index (κ3) is 2.40. The second-order valence-electron chi connectivity index (χ2n) is 5.21. The molecule has 98 valence electrons. The summed E-state index contributed by atoms with van der Waals surface area (Å²) in [7, 11) is 1.71. The average molecular weight is 241 g/mol. The molecule has 0 saturated carbocycles. The third-order valence-electron chi connectivity index (χ3n) is 3.70. The van der Waals surface area contributed by atoms with E-state index < -0.39 is 0 Å². The van der Waals surface area contributed by atoms with Crippen LogP contribution in [0.3, 0.4) is 0 Å². The topological polar surface area (TPSA) is 60.1 Å². The van der Waals surface area contributed by atoms with Gasteiger partial charge in [0.2, 0.25) is 0 Å². The molecule has 0 aromatic carbocycles. The van der Waals surface area contributed by atoms with Crippen molar-refractivity contribution in [3.8, 4) is 0 Å². The minimum Gasteiger partial charge on any atom is -0.383 e. The van der Waals surface area contributed by atoms with Crippen molar-refractivity contribution in [2.24, 2.45) is 10.7 Å². The lowest BCUT2D eigenvalue weighted by Crippen LogP contribution is -2.58. The highest BCUT2D eigenvalue weighted by Crippen LogP contribution is 2.36. The SMILES string of the molecule is COCCN1C(N)=NCC12CC(C)OC(C)C2. The van der Waals surface area contributed by atoms with Crippen LogP contribution in [0.5, 0.6) is 0 Å². The monoisotopic (exact) mass is 241 g/mol. The first-order valence-electron chi connectivity index (χ1n) is 6.29. The third-order valence-corrected chi connectivity index (χ3v) is 3.70. The number of rotatable bonds is 3. The van der Waals surface area contributed by atoms with Crippen LogP contribution in [0, 0.1) is 0 Å². The van der Waals surface area contributed by atoms with Crippen molar-refractivity contribution >= 4 is 5.96 Å². The molecule has 1 fully saturated rings. The maximum absolute atomic E-state index is 6.00. The van der Waals surface area contributed by atoms with E-state index in [1.807, 2.05) is 0 Å². The highest BCUT2D eigenvalue weighted by Gasteiger charge is 2.46. The molecule has 0 amide bonds. The molecule has 2 rings (SSSR count). The zero-order chi connectivity index (χ0) is 12.5. The first-order chi connectivity index (χ1) is 8.07. The molecule has 0 aromatic rings. The second kappa shape index (κ2) is 4.82. The van der Waals surface area contributed by atoms with Crippen LogP contribution in [0.25, 0.3) is 0 Å². The lowest BCUT2D eigenvalue weighted by Gasteiger charge is -2.46. The molecule has 2 unspecified atom stereocenters. The molecule has 5 heteroatoms. The average Bonchev–Trinajstić information content (AvgIpc) is 2.52. The minimum atomic E-state index is 0.0553. The summed E-state index contributed by atoms with van der Waals surface area (Å²) < 4.78 is 11.0. The Hall–Kier alpha value is -0.810. The van der Waals surface area contributed by atoms with Gasteiger partial charge in [0.05, 0.1) is 30.9 Å². The molecule has 1 spiro atoms. The van der Waals surface area contributed by atoms with E-state index in [0.717, 1.165) is 25.9 Å². The van der Waals surface area contributed by atoms with Crippen molar-refractivity contribution in [3.63, 3.8) is 0 Å². The van der Waals surface area contributed by atoms with E-state index in [-0.39, 0.29) is 17.7 Å². The molecule has 2 heterocycles. The van der Waals surface area contributed by atoms with Gasteiger partial charge in [-0.3, -0.25) is 4.99 Å². The van der Waals surface area contributed by atoms with Crippen molar-refractivity contribution in [1.82, 2.24) is 4.90 Å². The molecule has 0 aromatic heterocycles. The Morgan fingerprint density at radius 1 is 1.47 bits per heavy atom. The molecule has 0 bridgehead atoms. The van der Waals surface area contributed by atoms with Crippen LogP contribution in [-0.4, -0.2) is 55.4 Å². The summed E-state index contributed by atoms with van der Waals surface area (Å²) in [5.41, 5.74) is 6.05. The van der Waals surface area contributed by atoms with Gasteiger partial charge in [-0.1, -0.05) is 0 Å². The van der Waals surface area contributed by atoms with Crippen molar-refractivity contribution < 1.29 is 9.47 Å². The van der Waals surface area contributed by atoms with Crippen molar-refractivity contribution in [1.29, 1.82) is 0 Å². The van der Waals surface area contributed by atoms with Crippen LogP contribution < -0.4 is 5.73 Å². The molecule has 2 aliphatic rings. The summed E-state index contributed by atoms with van der Waals surface area (Å²) in [5.74, 6) is 0.656. The molecule has 5 nitrogen and oxygen atoms in total. The van der Waals surface area contributed by atoms with E-state index in [1.54, 1.807) is 7.11 Å². The Morgan fingerprint density at radius 3 is 2.71 bits per heavy atom. The fourth-order valence-corrected chi connectivity index (χ4v) is 3.17. The van der Waals surface area contributed by atoms with Gasteiger partial charge in [-0.2, -0.15) is 0 Å². The van der Waals surface area contributed by atoms with Crippen molar-refractivity contribution in [3.05, 3.63) is 0 Å². The van der Waals surface area contributed by atoms with Crippen LogP contribution in [0.15, 0.2) is 4.99 Å². The predicted molar refractivity (Wildman–Crippen MR) is 67.0 cm³/mol. The first kappa shape index (κ1) is 12.6. The smallest absolute Gasteiger partial charge is 0.191 e. The predicted octanol–water partition coefficient (Wildman–Crippen LogP) is 0.589. The summed E-state index contributed by atoms with van der Waals surface area (Å²) in [6, 6.07) is 0. The van der Waals surface area contributed by atoms with Crippen LogP contribution in [0.4, 0.5) is 0 Å². The number of hydrogen-bond donors (Lipinski definition) is 1. The highest BCUT2D eigenvalue weighted by atomic mass is 16.5. The fourth-order valence-electron chi connectivity index (χ4n) is 3.17. The molecular weight excluding hydrogens is 218 g/mol. The van der Waals surface area contributed by atoms with Gasteiger partial charge in [0.25, 0.3) is 0 Å². The maximum atomic E-state index is 6.00. The maximum Gasteiger partial charge on any atom is 0.191 e. The number of hydrogen-bond acceptors (Lipinski definition) is 5. The summed E-state index contributed by atoms with van der Waals surface area (Å²) in [6.45, 7) is 6.54.